The third kappa shape index (κ3) is 4.18. The van der Waals surface area contributed by atoms with Gasteiger partial charge in [-0.15, -0.1) is 0 Å². The molecule has 0 unspecified atom stereocenters. The van der Waals surface area contributed by atoms with Crippen molar-refractivity contribution in [1.29, 1.82) is 0 Å². The molecule has 1 aliphatic rings. The summed E-state index contributed by atoms with van der Waals surface area (Å²) in [6.45, 7) is 2.86. The molecule has 2 N–H and O–H groups in total. The van der Waals surface area contributed by atoms with E-state index in [1.807, 2.05) is 0 Å². The minimum absolute atomic E-state index is 0.300. The number of carbonyl (C=O) groups excluding carboxylic acids is 2. The zero-order chi connectivity index (χ0) is 12.1. The van der Waals surface area contributed by atoms with Crippen molar-refractivity contribution in [3.05, 3.63) is 6.42 Å². The van der Waals surface area contributed by atoms with Crippen molar-refractivity contribution < 1.29 is 9.59 Å². The second-order valence-corrected chi connectivity index (χ2v) is 4.51. The van der Waals surface area contributed by atoms with Crippen LogP contribution in [0.3, 0.4) is 0 Å². The van der Waals surface area contributed by atoms with E-state index >= 15 is 0 Å². The minimum Gasteiger partial charge on any atom is -0.369 e. The molecule has 0 atom stereocenters. The Bertz CT molecular complexity index is 260. The standard InChI is InChI=1S/C11H20N3O2/c1-13-5-3-9(4-6-13)8-14(2)11(16)7-10(12)15/h7,9H,3-6,8H2,1-2H3,(H2,12,15). The summed E-state index contributed by atoms with van der Waals surface area (Å²) in [5.41, 5.74) is 4.93. The molecule has 1 heterocycles. The number of amides is 2. The summed E-state index contributed by atoms with van der Waals surface area (Å²) in [7, 11) is 3.81. The maximum Gasteiger partial charge on any atom is 0.236 e. The lowest BCUT2D eigenvalue weighted by Crippen LogP contribution is -2.39. The molecule has 0 saturated carbocycles. The smallest absolute Gasteiger partial charge is 0.236 e. The van der Waals surface area contributed by atoms with Gasteiger partial charge in [-0.1, -0.05) is 0 Å². The maximum absolute atomic E-state index is 11.5. The Morgan fingerprint density at radius 2 is 2.00 bits per heavy atom. The van der Waals surface area contributed by atoms with Gasteiger partial charge in [-0.25, -0.2) is 0 Å². The van der Waals surface area contributed by atoms with Crippen LogP contribution in [-0.2, 0) is 9.59 Å². The second-order valence-electron chi connectivity index (χ2n) is 4.51. The Morgan fingerprint density at radius 1 is 1.44 bits per heavy atom. The van der Waals surface area contributed by atoms with Gasteiger partial charge in [-0.2, -0.15) is 0 Å². The molecule has 0 aromatic carbocycles. The van der Waals surface area contributed by atoms with E-state index in [9.17, 15) is 9.59 Å². The molecule has 0 aromatic heterocycles. The van der Waals surface area contributed by atoms with E-state index in [0.29, 0.717) is 12.5 Å². The molecule has 0 spiro atoms. The van der Waals surface area contributed by atoms with Crippen LogP contribution in [0.2, 0.25) is 0 Å². The number of nitrogens with two attached hydrogens (primary N) is 1. The van der Waals surface area contributed by atoms with Gasteiger partial charge in [-0.05, 0) is 38.9 Å². The minimum atomic E-state index is -0.680. The first-order valence-corrected chi connectivity index (χ1v) is 5.57. The summed E-state index contributed by atoms with van der Waals surface area (Å²) >= 11 is 0. The summed E-state index contributed by atoms with van der Waals surface area (Å²) in [6.07, 6.45) is 3.14. The van der Waals surface area contributed by atoms with E-state index < -0.39 is 5.91 Å². The first kappa shape index (κ1) is 13.0. The highest BCUT2D eigenvalue weighted by atomic mass is 16.2. The molecular formula is C11H20N3O2. The van der Waals surface area contributed by atoms with Crippen LogP contribution in [0.5, 0.6) is 0 Å². The summed E-state index contributed by atoms with van der Waals surface area (Å²) in [4.78, 5) is 25.9. The molecule has 0 aromatic rings. The molecule has 1 radical (unpaired) electrons. The number of likely N-dealkylation sites (tertiary alicyclic amines) is 1. The first-order chi connectivity index (χ1) is 7.49. The van der Waals surface area contributed by atoms with Crippen molar-refractivity contribution in [2.75, 3.05) is 33.7 Å². The number of hydrogen-bond acceptors (Lipinski definition) is 3. The van der Waals surface area contributed by atoms with E-state index in [0.717, 1.165) is 32.4 Å². The highest BCUT2D eigenvalue weighted by Crippen LogP contribution is 2.16. The van der Waals surface area contributed by atoms with Crippen molar-refractivity contribution >= 4 is 11.8 Å². The van der Waals surface area contributed by atoms with Crippen molar-refractivity contribution in [2.45, 2.75) is 12.8 Å². The Balaban J connectivity index is 2.30. The molecule has 1 fully saturated rings. The van der Waals surface area contributed by atoms with Gasteiger partial charge in [0.25, 0.3) is 0 Å². The summed E-state index contributed by atoms with van der Waals surface area (Å²) in [6, 6.07) is 0. The maximum atomic E-state index is 11.5. The predicted octanol–water partition coefficient (Wildman–Crippen LogP) is -0.524. The monoisotopic (exact) mass is 226 g/mol. The van der Waals surface area contributed by atoms with Crippen LogP contribution in [0.4, 0.5) is 0 Å². The van der Waals surface area contributed by atoms with Crippen molar-refractivity contribution in [1.82, 2.24) is 9.80 Å². The number of piperidine rings is 1. The Labute approximate surface area is 96.6 Å². The number of primary amides is 1. The fraction of sp³-hybridized carbons (Fsp3) is 0.727. The van der Waals surface area contributed by atoms with E-state index in [1.54, 1.807) is 11.9 Å². The van der Waals surface area contributed by atoms with Gasteiger partial charge in [0.2, 0.25) is 11.8 Å². The van der Waals surface area contributed by atoms with Gasteiger partial charge in [0.1, 0.15) is 6.42 Å². The molecule has 1 aliphatic heterocycles. The lowest BCUT2D eigenvalue weighted by Gasteiger charge is -2.31. The van der Waals surface area contributed by atoms with Crippen LogP contribution >= 0.6 is 0 Å². The quantitative estimate of drug-likeness (QED) is 0.656. The van der Waals surface area contributed by atoms with Crippen molar-refractivity contribution in [3.8, 4) is 0 Å². The van der Waals surface area contributed by atoms with Crippen LogP contribution < -0.4 is 5.73 Å². The van der Waals surface area contributed by atoms with Crippen LogP contribution in [0.1, 0.15) is 12.8 Å². The van der Waals surface area contributed by atoms with Gasteiger partial charge in [0, 0.05) is 13.6 Å². The zero-order valence-electron chi connectivity index (χ0n) is 9.98. The lowest BCUT2D eigenvalue weighted by molar-refractivity contribution is -0.129. The summed E-state index contributed by atoms with van der Waals surface area (Å²) in [5.74, 6) is -0.446. The van der Waals surface area contributed by atoms with E-state index in [4.69, 9.17) is 5.73 Å². The Morgan fingerprint density at radius 3 is 2.50 bits per heavy atom. The lowest BCUT2D eigenvalue weighted by atomic mass is 9.96. The molecular weight excluding hydrogens is 206 g/mol. The fourth-order valence-corrected chi connectivity index (χ4v) is 1.95. The van der Waals surface area contributed by atoms with Gasteiger partial charge in [-0.3, -0.25) is 9.59 Å². The zero-order valence-corrected chi connectivity index (χ0v) is 9.98. The van der Waals surface area contributed by atoms with E-state index in [1.165, 1.54) is 0 Å². The molecule has 2 amide bonds. The highest BCUT2D eigenvalue weighted by Gasteiger charge is 2.20. The molecule has 5 heteroatoms. The van der Waals surface area contributed by atoms with E-state index in [-0.39, 0.29) is 5.91 Å². The molecule has 0 aliphatic carbocycles. The van der Waals surface area contributed by atoms with Gasteiger partial charge in [0.15, 0.2) is 0 Å². The third-order valence-electron chi connectivity index (χ3n) is 3.01. The van der Waals surface area contributed by atoms with Gasteiger partial charge >= 0.3 is 0 Å². The Kier molecular flexibility index (Phi) is 4.73. The second kappa shape index (κ2) is 5.84. The molecule has 1 saturated heterocycles. The van der Waals surface area contributed by atoms with Crippen LogP contribution in [0.25, 0.3) is 0 Å². The predicted molar refractivity (Wildman–Crippen MR) is 61.4 cm³/mol. The molecule has 1 rings (SSSR count). The number of nitrogens with zero attached hydrogens (tertiary/aromatic N) is 2. The third-order valence-corrected chi connectivity index (χ3v) is 3.01. The van der Waals surface area contributed by atoms with E-state index in [2.05, 4.69) is 11.9 Å². The number of rotatable bonds is 4. The molecule has 5 nitrogen and oxygen atoms in total. The largest absolute Gasteiger partial charge is 0.369 e. The molecule has 91 valence electrons. The van der Waals surface area contributed by atoms with Crippen molar-refractivity contribution in [2.24, 2.45) is 11.7 Å². The van der Waals surface area contributed by atoms with Gasteiger partial charge < -0.3 is 15.5 Å². The highest BCUT2D eigenvalue weighted by molar-refractivity contribution is 6.07. The average Bonchev–Trinajstić information content (AvgIpc) is 2.20. The Hall–Kier alpha value is -1.10. The summed E-state index contributed by atoms with van der Waals surface area (Å²) < 4.78 is 0. The number of hydrogen-bond donors (Lipinski definition) is 1. The topological polar surface area (TPSA) is 66.6 Å². The summed E-state index contributed by atoms with van der Waals surface area (Å²) in [5, 5.41) is 0. The van der Waals surface area contributed by atoms with Gasteiger partial charge in [0.05, 0.1) is 0 Å². The van der Waals surface area contributed by atoms with Crippen LogP contribution in [0, 0.1) is 12.3 Å². The molecule has 0 bridgehead atoms. The number of carbonyl (C=O) groups is 2. The van der Waals surface area contributed by atoms with Crippen LogP contribution in [0.15, 0.2) is 0 Å². The van der Waals surface area contributed by atoms with Crippen LogP contribution in [-0.4, -0.2) is 55.3 Å². The molecule has 16 heavy (non-hydrogen) atoms. The first-order valence-electron chi connectivity index (χ1n) is 5.57. The fourth-order valence-electron chi connectivity index (χ4n) is 1.95. The normalized spacial score (nSPS) is 18.4. The average molecular weight is 226 g/mol. The van der Waals surface area contributed by atoms with Crippen molar-refractivity contribution in [3.63, 3.8) is 0 Å². The SMILES string of the molecule is CN1CCC(CN(C)C(=O)[CH]C(N)=O)CC1.